The number of carbonyl (C=O) groups excluding carboxylic acids is 1. The molecule has 11 heteroatoms. The number of nitrogens with zero attached hydrogens (tertiary/aromatic N) is 6. The van der Waals surface area contributed by atoms with Crippen molar-refractivity contribution < 1.29 is 18.9 Å². The molecule has 35 heavy (non-hydrogen) atoms. The summed E-state index contributed by atoms with van der Waals surface area (Å²) >= 11 is 0. The Labute approximate surface area is 198 Å². The van der Waals surface area contributed by atoms with Gasteiger partial charge in [-0.3, -0.25) is 14.9 Å². The van der Waals surface area contributed by atoms with Crippen molar-refractivity contribution in [3.8, 4) is 11.5 Å². The zero-order valence-corrected chi connectivity index (χ0v) is 19.0. The molecule has 0 N–H and O–H groups in total. The maximum Gasteiger partial charge on any atom is 0.306 e. The third-order valence-corrected chi connectivity index (χ3v) is 5.75. The molecule has 0 atom stereocenters. The number of fused-ring (bicyclic) bond motifs is 3. The fourth-order valence-electron chi connectivity index (χ4n) is 3.93. The Hall–Kier alpha value is -4.67. The third kappa shape index (κ3) is 4.31. The van der Waals surface area contributed by atoms with Crippen LogP contribution in [0.5, 0.6) is 0 Å². The van der Waals surface area contributed by atoms with Crippen molar-refractivity contribution >= 4 is 28.2 Å². The van der Waals surface area contributed by atoms with Gasteiger partial charge in [0.25, 0.3) is 11.6 Å². The standard InChI is InChI=1S/C24H20N6O5/c1-14-18(15(2)29-23(25-14)19-5-3-4-6-20(19)28-29)11-12-22(31)34-13-21-26-27-24(35-21)16-7-9-17(10-8-16)30(32)33/h3-10H,11-13H2,1-2H3. The molecule has 0 aliphatic carbocycles. The first-order valence-corrected chi connectivity index (χ1v) is 10.9. The number of carbonyl (C=O) groups is 1. The summed E-state index contributed by atoms with van der Waals surface area (Å²) in [5.41, 5.74) is 4.87. The molecule has 11 nitrogen and oxygen atoms in total. The second-order valence-corrected chi connectivity index (χ2v) is 7.98. The van der Waals surface area contributed by atoms with Crippen LogP contribution in [0.25, 0.3) is 28.0 Å². The minimum atomic E-state index is -0.489. The molecule has 3 aromatic heterocycles. The van der Waals surface area contributed by atoms with E-state index in [-0.39, 0.29) is 30.5 Å². The molecule has 0 aliphatic rings. The smallest absolute Gasteiger partial charge is 0.306 e. The topological polar surface area (TPSA) is 139 Å². The van der Waals surface area contributed by atoms with Crippen molar-refractivity contribution in [2.45, 2.75) is 33.3 Å². The fourth-order valence-corrected chi connectivity index (χ4v) is 3.93. The number of benzene rings is 2. The maximum absolute atomic E-state index is 12.4. The van der Waals surface area contributed by atoms with Gasteiger partial charge in [-0.1, -0.05) is 12.1 Å². The van der Waals surface area contributed by atoms with Crippen molar-refractivity contribution in [1.82, 2.24) is 24.8 Å². The van der Waals surface area contributed by atoms with E-state index >= 15 is 0 Å². The van der Waals surface area contributed by atoms with Crippen molar-refractivity contribution in [3.63, 3.8) is 0 Å². The van der Waals surface area contributed by atoms with E-state index in [1.54, 1.807) is 0 Å². The Balaban J connectivity index is 1.22. The van der Waals surface area contributed by atoms with Gasteiger partial charge in [0.1, 0.15) is 0 Å². The molecular weight excluding hydrogens is 452 g/mol. The number of rotatable bonds is 7. The van der Waals surface area contributed by atoms with E-state index in [0.29, 0.717) is 12.0 Å². The number of esters is 1. The van der Waals surface area contributed by atoms with E-state index < -0.39 is 10.9 Å². The monoisotopic (exact) mass is 472 g/mol. The van der Waals surface area contributed by atoms with Crippen molar-refractivity contribution in [1.29, 1.82) is 0 Å². The van der Waals surface area contributed by atoms with Gasteiger partial charge < -0.3 is 9.15 Å². The van der Waals surface area contributed by atoms with E-state index in [1.807, 2.05) is 42.6 Å². The zero-order chi connectivity index (χ0) is 24.5. The molecule has 5 rings (SSSR count). The van der Waals surface area contributed by atoms with Gasteiger partial charge in [0.2, 0.25) is 5.89 Å². The Morgan fingerprint density at radius 2 is 1.89 bits per heavy atom. The quantitative estimate of drug-likeness (QED) is 0.194. The lowest BCUT2D eigenvalue weighted by Crippen LogP contribution is -2.10. The molecule has 0 radical (unpaired) electrons. The SMILES string of the molecule is Cc1nc2c3ccccc3nn2c(C)c1CCC(=O)OCc1nnc(-c2ccc([N+](=O)[O-])cc2)o1. The number of nitro benzene ring substituents is 1. The number of aromatic nitrogens is 5. The summed E-state index contributed by atoms with van der Waals surface area (Å²) in [5, 5.41) is 24.2. The second kappa shape index (κ2) is 8.93. The molecule has 0 saturated carbocycles. The number of hydrogen-bond donors (Lipinski definition) is 0. The van der Waals surface area contributed by atoms with Gasteiger partial charge in [-0.2, -0.15) is 5.10 Å². The lowest BCUT2D eigenvalue weighted by Gasteiger charge is -2.10. The first-order valence-electron chi connectivity index (χ1n) is 10.9. The molecule has 2 aromatic carbocycles. The highest BCUT2D eigenvalue weighted by molar-refractivity contribution is 5.92. The van der Waals surface area contributed by atoms with Crippen LogP contribution < -0.4 is 0 Å². The molecule has 0 fully saturated rings. The number of ether oxygens (including phenoxy) is 1. The lowest BCUT2D eigenvalue weighted by atomic mass is 10.1. The highest BCUT2D eigenvalue weighted by Gasteiger charge is 2.16. The molecule has 0 bridgehead atoms. The molecule has 0 aliphatic heterocycles. The summed E-state index contributed by atoms with van der Waals surface area (Å²) in [6, 6.07) is 13.6. The molecule has 5 aromatic rings. The van der Waals surface area contributed by atoms with Crippen LogP contribution in [0.3, 0.4) is 0 Å². The zero-order valence-electron chi connectivity index (χ0n) is 19.0. The minimum Gasteiger partial charge on any atom is -0.456 e. The van der Waals surface area contributed by atoms with Gasteiger partial charge >= 0.3 is 5.97 Å². The summed E-state index contributed by atoms with van der Waals surface area (Å²) in [4.78, 5) is 27.4. The van der Waals surface area contributed by atoms with Crippen molar-refractivity contribution in [2.75, 3.05) is 0 Å². The molecule has 0 spiro atoms. The van der Waals surface area contributed by atoms with E-state index in [1.165, 1.54) is 24.3 Å². The number of non-ortho nitro benzene ring substituents is 1. The molecule has 176 valence electrons. The average molecular weight is 472 g/mol. The van der Waals surface area contributed by atoms with Crippen LogP contribution in [0.1, 0.15) is 29.3 Å². The summed E-state index contributed by atoms with van der Waals surface area (Å²) < 4.78 is 12.6. The van der Waals surface area contributed by atoms with Crippen molar-refractivity contribution in [2.24, 2.45) is 0 Å². The number of aryl methyl sites for hydroxylation is 2. The van der Waals surface area contributed by atoms with Gasteiger partial charge in [0.15, 0.2) is 12.3 Å². The van der Waals surface area contributed by atoms with E-state index in [9.17, 15) is 14.9 Å². The van der Waals surface area contributed by atoms with Crippen LogP contribution in [-0.2, 0) is 22.6 Å². The van der Waals surface area contributed by atoms with Gasteiger partial charge in [0, 0.05) is 40.9 Å². The normalized spacial score (nSPS) is 11.3. The molecular formula is C24H20N6O5. The van der Waals surface area contributed by atoms with Gasteiger partial charge in [-0.15, -0.1) is 10.2 Å². The Kier molecular flexibility index (Phi) is 5.65. The summed E-state index contributed by atoms with van der Waals surface area (Å²) in [5.74, 6) is -0.0989. The van der Waals surface area contributed by atoms with Crippen LogP contribution in [0.4, 0.5) is 5.69 Å². The maximum atomic E-state index is 12.4. The summed E-state index contributed by atoms with van der Waals surface area (Å²) in [6.45, 7) is 3.72. The van der Waals surface area contributed by atoms with Crippen LogP contribution in [-0.4, -0.2) is 35.7 Å². The van der Waals surface area contributed by atoms with E-state index in [4.69, 9.17) is 14.1 Å². The predicted octanol–water partition coefficient (Wildman–Crippen LogP) is 4.13. The Morgan fingerprint density at radius 1 is 1.11 bits per heavy atom. The summed E-state index contributed by atoms with van der Waals surface area (Å²) in [6.07, 6.45) is 0.604. The molecule has 0 unspecified atom stereocenters. The highest BCUT2D eigenvalue weighted by atomic mass is 16.6. The predicted molar refractivity (Wildman–Crippen MR) is 124 cm³/mol. The van der Waals surface area contributed by atoms with E-state index in [2.05, 4.69) is 15.3 Å². The van der Waals surface area contributed by atoms with Crippen LogP contribution in [0.2, 0.25) is 0 Å². The van der Waals surface area contributed by atoms with Crippen LogP contribution in [0.15, 0.2) is 52.9 Å². The lowest BCUT2D eigenvalue weighted by molar-refractivity contribution is -0.384. The average Bonchev–Trinajstić information content (AvgIpc) is 3.48. The third-order valence-electron chi connectivity index (χ3n) is 5.75. The first-order chi connectivity index (χ1) is 16.9. The fraction of sp³-hybridized carbons (Fsp3) is 0.208. The van der Waals surface area contributed by atoms with Gasteiger partial charge in [-0.05, 0) is 50.1 Å². The van der Waals surface area contributed by atoms with Crippen LogP contribution in [0, 0.1) is 24.0 Å². The van der Waals surface area contributed by atoms with Crippen LogP contribution >= 0.6 is 0 Å². The Morgan fingerprint density at radius 3 is 2.66 bits per heavy atom. The first kappa shape index (κ1) is 22.1. The Bertz CT molecular complexity index is 1570. The van der Waals surface area contributed by atoms with Gasteiger partial charge in [-0.25, -0.2) is 9.50 Å². The second-order valence-electron chi connectivity index (χ2n) is 7.98. The summed E-state index contributed by atoms with van der Waals surface area (Å²) in [7, 11) is 0. The highest BCUT2D eigenvalue weighted by Crippen LogP contribution is 2.24. The number of hydrogen-bond acceptors (Lipinski definition) is 9. The minimum absolute atomic E-state index is 0.0388. The largest absolute Gasteiger partial charge is 0.456 e. The van der Waals surface area contributed by atoms with E-state index in [0.717, 1.165) is 33.5 Å². The van der Waals surface area contributed by atoms with Crippen molar-refractivity contribution in [3.05, 3.63) is 81.5 Å². The molecule has 0 amide bonds. The van der Waals surface area contributed by atoms with Gasteiger partial charge in [0.05, 0.1) is 10.4 Å². The molecule has 3 heterocycles. The molecule has 0 saturated heterocycles. The number of nitro groups is 1.